The van der Waals surface area contributed by atoms with Gasteiger partial charge in [-0.15, -0.1) is 10.2 Å². The fraction of sp³-hybridized carbons (Fsp3) is 0.0526. The Morgan fingerprint density at radius 2 is 1.46 bits per heavy atom. The van der Waals surface area contributed by atoms with Crippen LogP contribution in [0.1, 0.15) is 16.8 Å². The van der Waals surface area contributed by atoms with Gasteiger partial charge in [-0.05, 0) is 35.9 Å². The number of fused-ring (bicyclic) bond motifs is 2. The summed E-state index contributed by atoms with van der Waals surface area (Å²) in [7, 11) is 0. The number of hydrogen-bond donors (Lipinski definition) is 0. The van der Waals surface area contributed by atoms with Crippen LogP contribution in [0.3, 0.4) is 0 Å². The van der Waals surface area contributed by atoms with E-state index in [1.807, 2.05) is 12.1 Å². The van der Waals surface area contributed by atoms with Crippen LogP contribution in [0.15, 0.2) is 54.6 Å². The fourth-order valence-corrected chi connectivity index (χ4v) is 2.41. The van der Waals surface area contributed by atoms with Crippen LogP contribution in [-0.4, -0.2) is 10.2 Å². The van der Waals surface area contributed by atoms with E-state index < -0.39 is 11.7 Å². The smallest absolute Gasteiger partial charge is 0.416 e. The van der Waals surface area contributed by atoms with Crippen LogP contribution in [0, 0.1) is 0 Å². The molecule has 0 radical (unpaired) electrons. The maximum atomic E-state index is 12.6. The monoisotopic (exact) mass is 356 g/mol. The summed E-state index contributed by atoms with van der Waals surface area (Å²) < 4.78 is 49.1. The molecule has 0 unspecified atom stereocenters. The number of benzene rings is 2. The topological polar surface area (TPSA) is 44.2 Å². The molecule has 0 saturated heterocycles. The van der Waals surface area contributed by atoms with Gasteiger partial charge in [0.25, 0.3) is 5.88 Å². The van der Waals surface area contributed by atoms with Crippen molar-refractivity contribution in [2.45, 2.75) is 6.18 Å². The average molecular weight is 356 g/mol. The van der Waals surface area contributed by atoms with Crippen LogP contribution in [0.2, 0.25) is 0 Å². The van der Waals surface area contributed by atoms with Crippen molar-refractivity contribution in [3.05, 3.63) is 71.4 Å². The highest BCUT2D eigenvalue weighted by molar-refractivity contribution is 5.69. The van der Waals surface area contributed by atoms with E-state index in [2.05, 4.69) is 10.2 Å². The maximum absolute atomic E-state index is 12.6. The van der Waals surface area contributed by atoms with Crippen molar-refractivity contribution >= 4 is 12.2 Å². The number of para-hydroxylation sites is 2. The predicted octanol–water partition coefficient (Wildman–Crippen LogP) is 5.56. The van der Waals surface area contributed by atoms with Crippen molar-refractivity contribution in [3.8, 4) is 23.1 Å². The van der Waals surface area contributed by atoms with E-state index in [-0.39, 0.29) is 5.88 Å². The molecule has 0 aliphatic carbocycles. The molecule has 1 aromatic heterocycles. The molecule has 1 aliphatic rings. The molecule has 2 heterocycles. The summed E-state index contributed by atoms with van der Waals surface area (Å²) >= 11 is 0. The average Bonchev–Trinajstić information content (AvgIpc) is 2.64. The summed E-state index contributed by atoms with van der Waals surface area (Å²) in [6, 6.07) is 13.7. The van der Waals surface area contributed by atoms with Crippen LogP contribution >= 0.6 is 0 Å². The molecule has 0 N–H and O–H groups in total. The lowest BCUT2D eigenvalue weighted by atomic mass is 10.1. The third kappa shape index (κ3) is 3.23. The van der Waals surface area contributed by atoms with Gasteiger partial charge in [-0.2, -0.15) is 13.2 Å². The van der Waals surface area contributed by atoms with E-state index in [1.165, 1.54) is 12.1 Å². The number of hydrogen-bond acceptors (Lipinski definition) is 4. The second kappa shape index (κ2) is 6.18. The van der Waals surface area contributed by atoms with E-state index in [4.69, 9.17) is 9.47 Å². The van der Waals surface area contributed by atoms with Crippen LogP contribution < -0.4 is 9.47 Å². The normalized spacial score (nSPS) is 12.9. The highest BCUT2D eigenvalue weighted by Gasteiger charge is 2.29. The first-order valence-corrected chi connectivity index (χ1v) is 7.67. The molecule has 130 valence electrons. The van der Waals surface area contributed by atoms with E-state index in [1.54, 1.807) is 30.4 Å². The van der Waals surface area contributed by atoms with Gasteiger partial charge in [0.15, 0.2) is 17.2 Å². The molecule has 4 nitrogen and oxygen atoms in total. The van der Waals surface area contributed by atoms with Crippen LogP contribution in [0.5, 0.6) is 23.1 Å². The lowest BCUT2D eigenvalue weighted by Crippen LogP contribution is -2.04. The molecule has 0 amide bonds. The molecule has 4 rings (SSSR count). The predicted molar refractivity (Wildman–Crippen MR) is 89.0 cm³/mol. The van der Waals surface area contributed by atoms with Crippen molar-refractivity contribution in [1.29, 1.82) is 0 Å². The summed E-state index contributed by atoms with van der Waals surface area (Å²) in [4.78, 5) is 0. The number of rotatable bonds is 2. The number of aromatic nitrogens is 2. The summed E-state index contributed by atoms with van der Waals surface area (Å²) in [5, 5.41) is 7.99. The van der Waals surface area contributed by atoms with Gasteiger partial charge < -0.3 is 9.47 Å². The van der Waals surface area contributed by atoms with Crippen molar-refractivity contribution in [2.75, 3.05) is 0 Å². The quantitative estimate of drug-likeness (QED) is 0.471. The zero-order chi connectivity index (χ0) is 18.1. The molecule has 0 saturated carbocycles. The summed E-state index contributed by atoms with van der Waals surface area (Å²) in [5.41, 5.74) is 0.416. The minimum atomic E-state index is -4.35. The third-order valence-corrected chi connectivity index (χ3v) is 3.71. The lowest BCUT2D eigenvalue weighted by molar-refractivity contribution is -0.137. The van der Waals surface area contributed by atoms with Gasteiger partial charge in [0.2, 0.25) is 0 Å². The second-order valence-electron chi connectivity index (χ2n) is 5.54. The Balaban J connectivity index is 1.54. The van der Waals surface area contributed by atoms with E-state index in [9.17, 15) is 13.2 Å². The Morgan fingerprint density at radius 1 is 0.769 bits per heavy atom. The van der Waals surface area contributed by atoms with Crippen molar-refractivity contribution in [2.24, 2.45) is 0 Å². The lowest BCUT2D eigenvalue weighted by Gasteiger charge is -2.18. The Kier molecular flexibility index (Phi) is 3.84. The summed E-state index contributed by atoms with van der Waals surface area (Å²) in [6.45, 7) is 0. The van der Waals surface area contributed by atoms with Gasteiger partial charge in [-0.25, -0.2) is 0 Å². The molecule has 1 aliphatic heterocycles. The molecule has 2 aromatic carbocycles. The largest absolute Gasteiger partial charge is 0.448 e. The molecular formula is C19H11F3N2O2. The van der Waals surface area contributed by atoms with Crippen LogP contribution in [-0.2, 0) is 6.18 Å². The molecule has 0 bridgehead atoms. The van der Waals surface area contributed by atoms with Crippen LogP contribution in [0.4, 0.5) is 13.2 Å². The summed E-state index contributed by atoms with van der Waals surface area (Å²) in [6.07, 6.45) is -1.06. The first-order chi connectivity index (χ1) is 12.5. The standard InChI is InChI=1S/C19H11F3N2O2/c20-19(21,22)13-8-5-12(6-9-13)7-10-14-11-17-18(24-23-14)26-16-4-2-1-3-15(16)25-17/h1-11H/b10-7+. The fourth-order valence-electron chi connectivity index (χ4n) is 2.41. The van der Waals surface area contributed by atoms with E-state index >= 15 is 0 Å². The van der Waals surface area contributed by atoms with Crippen LogP contribution in [0.25, 0.3) is 12.2 Å². The Labute approximate surface area is 146 Å². The van der Waals surface area contributed by atoms with Gasteiger partial charge in [0.05, 0.1) is 11.3 Å². The highest BCUT2D eigenvalue weighted by Crippen LogP contribution is 2.43. The Bertz CT molecular complexity index is 983. The number of ether oxygens (including phenoxy) is 2. The SMILES string of the molecule is FC(F)(F)c1ccc(/C=C/c2cc3c(nn2)Oc2ccccc2O3)cc1. The zero-order valence-electron chi connectivity index (χ0n) is 13.2. The van der Waals surface area contributed by atoms with Crippen molar-refractivity contribution in [1.82, 2.24) is 10.2 Å². The zero-order valence-corrected chi connectivity index (χ0v) is 13.2. The highest BCUT2D eigenvalue weighted by atomic mass is 19.4. The van der Waals surface area contributed by atoms with Gasteiger partial charge in [-0.1, -0.05) is 30.3 Å². The van der Waals surface area contributed by atoms with Gasteiger partial charge in [-0.3, -0.25) is 0 Å². The minimum Gasteiger partial charge on any atom is -0.448 e. The first-order valence-electron chi connectivity index (χ1n) is 7.67. The molecule has 0 atom stereocenters. The molecule has 0 spiro atoms. The Hall–Kier alpha value is -3.35. The Morgan fingerprint density at radius 3 is 2.15 bits per heavy atom. The summed E-state index contributed by atoms with van der Waals surface area (Å²) in [5.74, 6) is 1.81. The first kappa shape index (κ1) is 16.1. The van der Waals surface area contributed by atoms with Gasteiger partial charge in [0, 0.05) is 6.07 Å². The minimum absolute atomic E-state index is 0.260. The molecule has 3 aromatic rings. The maximum Gasteiger partial charge on any atom is 0.416 e. The molecule has 7 heteroatoms. The van der Waals surface area contributed by atoms with Gasteiger partial charge >= 0.3 is 6.18 Å². The van der Waals surface area contributed by atoms with Crippen molar-refractivity contribution in [3.63, 3.8) is 0 Å². The van der Waals surface area contributed by atoms with E-state index in [0.29, 0.717) is 28.5 Å². The molecule has 26 heavy (non-hydrogen) atoms. The number of nitrogens with zero attached hydrogens (tertiary/aromatic N) is 2. The third-order valence-electron chi connectivity index (χ3n) is 3.71. The van der Waals surface area contributed by atoms with Gasteiger partial charge in [0.1, 0.15) is 0 Å². The molecule has 0 fully saturated rings. The number of alkyl halides is 3. The second-order valence-corrected chi connectivity index (χ2v) is 5.54. The van der Waals surface area contributed by atoms with Crippen molar-refractivity contribution < 1.29 is 22.6 Å². The molecular weight excluding hydrogens is 345 g/mol. The van der Waals surface area contributed by atoms with E-state index in [0.717, 1.165) is 12.1 Å². The number of halogens is 3.